The highest BCUT2D eigenvalue weighted by Crippen LogP contribution is 2.35. The summed E-state index contributed by atoms with van der Waals surface area (Å²) in [4.78, 5) is 2.42. The lowest BCUT2D eigenvalue weighted by atomic mass is 9.92. The molecule has 1 aromatic carbocycles. The van der Waals surface area contributed by atoms with Gasteiger partial charge in [-0.05, 0) is 53.9 Å². The zero-order valence-electron chi connectivity index (χ0n) is 11.3. The Balaban J connectivity index is 1.86. The standard InChI is InChI=1S/C15H20BrFN2/c1-11-9-18-15(6-2-3-7-15)10-19(11)12-4-5-14(17)13(16)8-12/h4-5,8,11,18H,2-3,6-7,9-10H2,1H3. The first kappa shape index (κ1) is 13.4. The van der Waals surface area contributed by atoms with Gasteiger partial charge in [0.05, 0.1) is 4.47 Å². The molecule has 2 aliphatic rings. The number of piperazine rings is 1. The van der Waals surface area contributed by atoms with Gasteiger partial charge in [0.25, 0.3) is 0 Å². The smallest absolute Gasteiger partial charge is 0.137 e. The van der Waals surface area contributed by atoms with Crippen molar-refractivity contribution in [3.05, 3.63) is 28.5 Å². The Morgan fingerprint density at radius 3 is 2.79 bits per heavy atom. The third-order valence-electron chi connectivity index (χ3n) is 4.57. The summed E-state index contributed by atoms with van der Waals surface area (Å²) in [5, 5.41) is 3.74. The normalized spacial score (nSPS) is 26.1. The summed E-state index contributed by atoms with van der Waals surface area (Å²) < 4.78 is 13.9. The number of benzene rings is 1. The molecule has 19 heavy (non-hydrogen) atoms. The molecule has 1 aliphatic carbocycles. The maximum absolute atomic E-state index is 13.4. The van der Waals surface area contributed by atoms with E-state index in [4.69, 9.17) is 0 Å². The van der Waals surface area contributed by atoms with Gasteiger partial charge in [0.2, 0.25) is 0 Å². The third kappa shape index (κ3) is 2.52. The molecule has 2 fully saturated rings. The zero-order valence-corrected chi connectivity index (χ0v) is 12.8. The van der Waals surface area contributed by atoms with Crippen LogP contribution in [0, 0.1) is 5.82 Å². The molecule has 1 unspecified atom stereocenters. The van der Waals surface area contributed by atoms with E-state index in [-0.39, 0.29) is 11.4 Å². The molecule has 1 spiro atoms. The van der Waals surface area contributed by atoms with Crippen molar-refractivity contribution in [1.82, 2.24) is 5.32 Å². The Kier molecular flexibility index (Phi) is 3.56. The molecule has 4 heteroatoms. The van der Waals surface area contributed by atoms with Crippen LogP contribution in [0.3, 0.4) is 0 Å². The summed E-state index contributed by atoms with van der Waals surface area (Å²) >= 11 is 3.29. The quantitative estimate of drug-likeness (QED) is 0.846. The van der Waals surface area contributed by atoms with Gasteiger partial charge in [0.1, 0.15) is 5.82 Å². The highest BCUT2D eigenvalue weighted by Gasteiger charge is 2.40. The van der Waals surface area contributed by atoms with Crippen LogP contribution in [-0.2, 0) is 0 Å². The third-order valence-corrected chi connectivity index (χ3v) is 5.18. The van der Waals surface area contributed by atoms with Crippen molar-refractivity contribution in [3.63, 3.8) is 0 Å². The van der Waals surface area contributed by atoms with Gasteiger partial charge in [-0.1, -0.05) is 12.8 Å². The van der Waals surface area contributed by atoms with Crippen LogP contribution in [0.1, 0.15) is 32.6 Å². The summed E-state index contributed by atoms with van der Waals surface area (Å²) in [6, 6.07) is 5.79. The minimum atomic E-state index is -0.192. The second kappa shape index (κ2) is 5.06. The van der Waals surface area contributed by atoms with Crippen LogP contribution in [0.4, 0.5) is 10.1 Å². The molecule has 0 amide bonds. The molecule has 104 valence electrons. The first-order chi connectivity index (χ1) is 9.10. The lowest BCUT2D eigenvalue weighted by molar-refractivity contribution is 0.276. The Morgan fingerprint density at radius 1 is 1.37 bits per heavy atom. The van der Waals surface area contributed by atoms with Gasteiger partial charge in [-0.3, -0.25) is 0 Å². The van der Waals surface area contributed by atoms with E-state index in [2.05, 4.69) is 33.1 Å². The predicted octanol–water partition coefficient (Wildman–Crippen LogP) is 3.70. The van der Waals surface area contributed by atoms with Crippen LogP contribution < -0.4 is 10.2 Å². The molecule has 1 atom stereocenters. The van der Waals surface area contributed by atoms with E-state index in [9.17, 15) is 4.39 Å². The highest BCUT2D eigenvalue weighted by atomic mass is 79.9. The molecule has 1 saturated carbocycles. The molecule has 2 nitrogen and oxygen atoms in total. The molecule has 0 bridgehead atoms. The number of hydrogen-bond donors (Lipinski definition) is 1. The Bertz CT molecular complexity index is 471. The van der Waals surface area contributed by atoms with E-state index in [0.717, 1.165) is 18.8 Å². The Labute approximate surface area is 122 Å². The van der Waals surface area contributed by atoms with E-state index in [1.807, 2.05) is 12.1 Å². The molecule has 1 saturated heterocycles. The molecule has 1 aromatic rings. The summed E-state index contributed by atoms with van der Waals surface area (Å²) in [5.41, 5.74) is 1.40. The van der Waals surface area contributed by atoms with Gasteiger partial charge in [-0.15, -0.1) is 0 Å². The lowest BCUT2D eigenvalue weighted by Gasteiger charge is -2.46. The van der Waals surface area contributed by atoms with Crippen LogP contribution in [0.2, 0.25) is 0 Å². The van der Waals surface area contributed by atoms with Crippen molar-refractivity contribution in [2.45, 2.75) is 44.2 Å². The molecular formula is C15H20BrFN2. The minimum absolute atomic E-state index is 0.192. The highest BCUT2D eigenvalue weighted by molar-refractivity contribution is 9.10. The van der Waals surface area contributed by atoms with Crippen molar-refractivity contribution in [2.24, 2.45) is 0 Å². The molecule has 0 radical (unpaired) electrons. The fourth-order valence-electron chi connectivity index (χ4n) is 3.41. The van der Waals surface area contributed by atoms with Crippen LogP contribution >= 0.6 is 15.9 Å². The van der Waals surface area contributed by atoms with Gasteiger partial charge in [0, 0.05) is 30.4 Å². The number of halogens is 2. The largest absolute Gasteiger partial charge is 0.366 e. The second-order valence-corrected chi connectivity index (χ2v) is 6.80. The lowest BCUT2D eigenvalue weighted by Crippen LogP contribution is -2.62. The van der Waals surface area contributed by atoms with E-state index >= 15 is 0 Å². The predicted molar refractivity (Wildman–Crippen MR) is 80.1 cm³/mol. The number of nitrogens with one attached hydrogen (secondary N) is 1. The number of nitrogens with zero attached hydrogens (tertiary/aromatic N) is 1. The molecule has 1 aliphatic heterocycles. The summed E-state index contributed by atoms with van der Waals surface area (Å²) in [6.07, 6.45) is 5.17. The van der Waals surface area contributed by atoms with Crippen LogP contribution in [0.5, 0.6) is 0 Å². The maximum atomic E-state index is 13.4. The molecule has 1 heterocycles. The topological polar surface area (TPSA) is 15.3 Å². The van der Waals surface area contributed by atoms with E-state index in [1.165, 1.54) is 25.7 Å². The SMILES string of the molecule is CC1CNC2(CCCC2)CN1c1ccc(F)c(Br)c1. The fourth-order valence-corrected chi connectivity index (χ4v) is 3.78. The van der Waals surface area contributed by atoms with Crippen molar-refractivity contribution < 1.29 is 4.39 Å². The number of hydrogen-bond acceptors (Lipinski definition) is 2. The summed E-state index contributed by atoms with van der Waals surface area (Å²) in [7, 11) is 0. The van der Waals surface area contributed by atoms with E-state index in [0.29, 0.717) is 10.5 Å². The average Bonchev–Trinajstić information content (AvgIpc) is 2.85. The van der Waals surface area contributed by atoms with Gasteiger partial charge >= 0.3 is 0 Å². The van der Waals surface area contributed by atoms with Crippen molar-refractivity contribution in [3.8, 4) is 0 Å². The van der Waals surface area contributed by atoms with Crippen LogP contribution in [0.25, 0.3) is 0 Å². The second-order valence-electron chi connectivity index (χ2n) is 5.94. The first-order valence-corrected chi connectivity index (χ1v) is 7.86. The van der Waals surface area contributed by atoms with Gasteiger partial charge in [-0.25, -0.2) is 4.39 Å². The monoisotopic (exact) mass is 326 g/mol. The maximum Gasteiger partial charge on any atom is 0.137 e. The summed E-state index contributed by atoms with van der Waals surface area (Å²) in [5.74, 6) is -0.192. The van der Waals surface area contributed by atoms with Crippen molar-refractivity contribution in [2.75, 3.05) is 18.0 Å². The minimum Gasteiger partial charge on any atom is -0.366 e. The van der Waals surface area contributed by atoms with Gasteiger partial charge in [-0.2, -0.15) is 0 Å². The zero-order chi connectivity index (χ0) is 13.5. The van der Waals surface area contributed by atoms with Gasteiger partial charge in [0.15, 0.2) is 0 Å². The first-order valence-electron chi connectivity index (χ1n) is 7.06. The molecule has 3 rings (SSSR count). The van der Waals surface area contributed by atoms with E-state index < -0.39 is 0 Å². The fraction of sp³-hybridized carbons (Fsp3) is 0.600. The molecule has 0 aromatic heterocycles. The number of rotatable bonds is 1. The number of anilines is 1. The van der Waals surface area contributed by atoms with Crippen LogP contribution in [-0.4, -0.2) is 24.7 Å². The summed E-state index contributed by atoms with van der Waals surface area (Å²) in [6.45, 7) is 4.27. The Morgan fingerprint density at radius 2 is 2.11 bits per heavy atom. The molecular weight excluding hydrogens is 307 g/mol. The Hall–Kier alpha value is -0.610. The van der Waals surface area contributed by atoms with Crippen LogP contribution in [0.15, 0.2) is 22.7 Å². The molecule has 1 N–H and O–H groups in total. The van der Waals surface area contributed by atoms with Crippen molar-refractivity contribution in [1.29, 1.82) is 0 Å². The van der Waals surface area contributed by atoms with Gasteiger partial charge < -0.3 is 10.2 Å². The van der Waals surface area contributed by atoms with Crippen molar-refractivity contribution >= 4 is 21.6 Å². The average molecular weight is 327 g/mol. The van der Waals surface area contributed by atoms with E-state index in [1.54, 1.807) is 6.07 Å².